The van der Waals surface area contributed by atoms with Gasteiger partial charge in [-0.05, 0) is 35.9 Å². The molecule has 2 aromatic carbocycles. The summed E-state index contributed by atoms with van der Waals surface area (Å²) in [5, 5.41) is 3.74. The van der Waals surface area contributed by atoms with Crippen molar-refractivity contribution in [2.24, 2.45) is 5.16 Å². The Labute approximate surface area is 176 Å². The van der Waals surface area contributed by atoms with Crippen LogP contribution in [0.25, 0.3) is 0 Å². The highest BCUT2D eigenvalue weighted by Gasteiger charge is 2.33. The minimum absolute atomic E-state index is 0.0150. The molecule has 1 heterocycles. The van der Waals surface area contributed by atoms with Gasteiger partial charge < -0.3 is 4.84 Å². The Hall–Kier alpha value is -2.79. The number of sulfonamides is 1. The maximum atomic E-state index is 13.1. The topological polar surface area (TPSA) is 76.0 Å². The predicted molar refractivity (Wildman–Crippen MR) is 103 cm³/mol. The van der Waals surface area contributed by atoms with Gasteiger partial charge in [0.1, 0.15) is 5.82 Å². The van der Waals surface area contributed by atoms with Crippen LogP contribution in [0, 0.1) is 5.82 Å². The zero-order chi connectivity index (χ0) is 22.6. The molecule has 0 saturated carbocycles. The number of hydrogen-bond donors (Lipinski definition) is 0. The Kier molecular flexibility index (Phi) is 6.75. The van der Waals surface area contributed by atoms with Gasteiger partial charge in [-0.15, -0.1) is 0 Å². The van der Waals surface area contributed by atoms with Crippen molar-refractivity contribution in [1.82, 2.24) is 4.31 Å². The Balaban J connectivity index is 1.59. The van der Waals surface area contributed by atoms with Gasteiger partial charge >= 0.3 is 12.1 Å². The van der Waals surface area contributed by atoms with Gasteiger partial charge in [0, 0.05) is 25.9 Å². The zero-order valence-electron chi connectivity index (χ0n) is 16.1. The van der Waals surface area contributed by atoms with Crippen LogP contribution in [0.4, 0.5) is 17.6 Å². The first kappa shape index (κ1) is 22.9. The Morgan fingerprint density at radius 2 is 1.74 bits per heavy atom. The Morgan fingerprint density at radius 3 is 2.39 bits per heavy atom. The monoisotopic (exact) mass is 458 g/mol. The van der Waals surface area contributed by atoms with Crippen LogP contribution in [0.15, 0.2) is 58.6 Å². The number of hydrogen-bond acceptors (Lipinski definition) is 5. The Morgan fingerprint density at radius 1 is 1.06 bits per heavy atom. The first-order chi connectivity index (χ1) is 14.6. The molecule has 0 aromatic heterocycles. The molecule has 0 N–H and O–H groups in total. The van der Waals surface area contributed by atoms with Crippen LogP contribution >= 0.6 is 0 Å². The van der Waals surface area contributed by atoms with Crippen molar-refractivity contribution in [3.05, 3.63) is 65.5 Å². The minimum Gasteiger partial charge on any atom is -0.318 e. The van der Waals surface area contributed by atoms with Gasteiger partial charge in [0.25, 0.3) is 0 Å². The molecule has 0 amide bonds. The second kappa shape index (κ2) is 9.15. The van der Waals surface area contributed by atoms with Gasteiger partial charge in [0.15, 0.2) is 0 Å². The summed E-state index contributed by atoms with van der Waals surface area (Å²) >= 11 is 0. The lowest BCUT2D eigenvalue weighted by atomic mass is 10.1. The number of benzene rings is 2. The highest BCUT2D eigenvalue weighted by molar-refractivity contribution is 7.89. The summed E-state index contributed by atoms with van der Waals surface area (Å²) < 4.78 is 78.2. The van der Waals surface area contributed by atoms with E-state index >= 15 is 0 Å². The van der Waals surface area contributed by atoms with Gasteiger partial charge in [-0.2, -0.15) is 17.5 Å². The molecular formula is C20H18F4N2O4S. The second-order valence-corrected chi connectivity index (χ2v) is 8.80. The average Bonchev–Trinajstić information content (AvgIpc) is 2.72. The smallest absolute Gasteiger partial charge is 0.318 e. The van der Waals surface area contributed by atoms with Gasteiger partial charge in [-0.25, -0.2) is 17.6 Å². The fourth-order valence-corrected chi connectivity index (χ4v) is 4.51. The molecular weight excluding hydrogens is 440 g/mol. The van der Waals surface area contributed by atoms with Crippen LogP contribution in [0.1, 0.15) is 24.0 Å². The van der Waals surface area contributed by atoms with Crippen LogP contribution < -0.4 is 0 Å². The van der Waals surface area contributed by atoms with E-state index in [1.165, 1.54) is 18.2 Å². The van der Waals surface area contributed by atoms with Crippen molar-refractivity contribution in [3.63, 3.8) is 0 Å². The van der Waals surface area contributed by atoms with Crippen molar-refractivity contribution < 1.29 is 35.6 Å². The molecule has 6 nitrogen and oxygen atoms in total. The number of halogens is 4. The predicted octanol–water partition coefficient (Wildman–Crippen LogP) is 3.77. The molecule has 1 aliphatic rings. The summed E-state index contributed by atoms with van der Waals surface area (Å²) in [6, 6.07) is 9.04. The van der Waals surface area contributed by atoms with Gasteiger partial charge in [-0.3, -0.25) is 0 Å². The van der Waals surface area contributed by atoms with E-state index in [4.69, 9.17) is 4.84 Å². The lowest BCUT2D eigenvalue weighted by molar-refractivity contribution is -0.143. The number of piperidine rings is 1. The number of nitrogens with zero attached hydrogens (tertiary/aromatic N) is 2. The van der Waals surface area contributed by atoms with E-state index in [9.17, 15) is 30.8 Å². The minimum atomic E-state index is -4.65. The summed E-state index contributed by atoms with van der Waals surface area (Å²) in [5.74, 6) is -1.18. The van der Waals surface area contributed by atoms with E-state index < -0.39 is 38.4 Å². The van der Waals surface area contributed by atoms with Crippen molar-refractivity contribution in [1.29, 1.82) is 0 Å². The van der Waals surface area contributed by atoms with Gasteiger partial charge in [0.2, 0.25) is 10.0 Å². The normalized spacial score (nSPS) is 15.5. The fraction of sp³-hybridized carbons (Fsp3) is 0.300. The summed E-state index contributed by atoms with van der Waals surface area (Å²) in [7, 11) is -4.11. The SMILES string of the molecule is O=C(Cc1cccc(F)c1)ON=C1CCN(S(=O)(=O)c2cccc(C(F)(F)F)c2)CC1. The van der Waals surface area contributed by atoms with E-state index in [2.05, 4.69) is 5.16 Å². The molecule has 31 heavy (non-hydrogen) atoms. The summed E-state index contributed by atoms with van der Waals surface area (Å²) in [5.41, 5.74) is -0.173. The molecule has 11 heteroatoms. The van der Waals surface area contributed by atoms with Crippen LogP contribution in [-0.2, 0) is 32.3 Å². The third-order valence-corrected chi connectivity index (χ3v) is 6.51. The molecule has 166 valence electrons. The van der Waals surface area contributed by atoms with Crippen molar-refractivity contribution >= 4 is 21.7 Å². The van der Waals surface area contributed by atoms with E-state index in [0.717, 1.165) is 22.5 Å². The van der Waals surface area contributed by atoms with Crippen molar-refractivity contribution in [3.8, 4) is 0 Å². The number of carbonyl (C=O) groups excluding carboxylic acids is 1. The van der Waals surface area contributed by atoms with Gasteiger partial charge in [-0.1, -0.05) is 23.4 Å². The summed E-state index contributed by atoms with van der Waals surface area (Å²) in [6.07, 6.45) is -4.51. The van der Waals surface area contributed by atoms with E-state index in [-0.39, 0.29) is 32.4 Å². The third-order valence-electron chi connectivity index (χ3n) is 4.61. The molecule has 3 rings (SSSR count). The molecule has 0 spiro atoms. The maximum absolute atomic E-state index is 13.1. The standard InChI is InChI=1S/C20H18F4N2O4S/c21-16-5-1-3-14(11-16)12-19(27)30-25-17-7-9-26(10-8-17)31(28,29)18-6-2-4-15(13-18)20(22,23)24/h1-6,11,13H,7-10,12H2. The van der Waals surface area contributed by atoms with E-state index in [0.29, 0.717) is 17.3 Å². The van der Waals surface area contributed by atoms with Gasteiger partial charge in [0.05, 0.1) is 22.6 Å². The molecule has 0 atom stereocenters. The van der Waals surface area contributed by atoms with Crippen LogP contribution in [0.5, 0.6) is 0 Å². The molecule has 1 fully saturated rings. The molecule has 1 aliphatic heterocycles. The first-order valence-electron chi connectivity index (χ1n) is 9.23. The highest BCUT2D eigenvalue weighted by Crippen LogP contribution is 2.31. The largest absolute Gasteiger partial charge is 0.416 e. The molecule has 0 bridgehead atoms. The molecule has 1 saturated heterocycles. The quantitative estimate of drug-likeness (QED) is 0.388. The summed E-state index contributed by atoms with van der Waals surface area (Å²) in [4.78, 5) is 16.2. The molecule has 2 aromatic rings. The van der Waals surface area contributed by atoms with Crippen LogP contribution in [0.2, 0.25) is 0 Å². The van der Waals surface area contributed by atoms with Crippen molar-refractivity contribution in [2.45, 2.75) is 30.3 Å². The number of carbonyl (C=O) groups is 1. The second-order valence-electron chi connectivity index (χ2n) is 6.86. The lowest BCUT2D eigenvalue weighted by Gasteiger charge is -2.26. The summed E-state index contributed by atoms with van der Waals surface area (Å²) in [6.45, 7) is -0.0300. The first-order valence-corrected chi connectivity index (χ1v) is 10.7. The fourth-order valence-electron chi connectivity index (χ4n) is 3.02. The maximum Gasteiger partial charge on any atom is 0.416 e. The third kappa shape index (κ3) is 5.88. The molecule has 0 aliphatic carbocycles. The van der Waals surface area contributed by atoms with E-state index in [1.54, 1.807) is 6.07 Å². The molecule has 0 unspecified atom stereocenters. The van der Waals surface area contributed by atoms with Crippen LogP contribution in [-0.4, -0.2) is 37.5 Å². The molecule has 0 radical (unpaired) electrons. The van der Waals surface area contributed by atoms with E-state index in [1.807, 2.05) is 0 Å². The number of alkyl halides is 3. The van der Waals surface area contributed by atoms with Crippen LogP contribution in [0.3, 0.4) is 0 Å². The van der Waals surface area contributed by atoms with Crippen molar-refractivity contribution in [2.75, 3.05) is 13.1 Å². The highest BCUT2D eigenvalue weighted by atomic mass is 32.2. The lowest BCUT2D eigenvalue weighted by Crippen LogP contribution is -2.38. The number of oxime groups is 1. The average molecular weight is 458 g/mol. The Bertz CT molecular complexity index is 1090. The number of rotatable bonds is 5. The zero-order valence-corrected chi connectivity index (χ0v) is 16.9.